The van der Waals surface area contributed by atoms with E-state index < -0.39 is 0 Å². The van der Waals surface area contributed by atoms with Gasteiger partial charge in [-0.25, -0.2) is 0 Å². The van der Waals surface area contributed by atoms with E-state index in [1.807, 2.05) is 0 Å². The zero-order valence-electron chi connectivity index (χ0n) is 14.1. The molecule has 1 aliphatic carbocycles. The zero-order chi connectivity index (χ0) is 16.1. The van der Waals surface area contributed by atoms with Gasteiger partial charge in [0.25, 0.3) is 0 Å². The Morgan fingerprint density at radius 2 is 1.96 bits per heavy atom. The predicted octanol–water partition coefficient (Wildman–Crippen LogP) is 2.68. The first kappa shape index (κ1) is 14.6. The molecular weight excluding hydrogens is 300 g/mol. The van der Waals surface area contributed by atoms with Crippen LogP contribution in [0.25, 0.3) is 0 Å². The molecule has 5 rings (SSSR count). The first-order valence-corrected chi connectivity index (χ1v) is 9.08. The van der Waals surface area contributed by atoms with Crippen LogP contribution >= 0.6 is 0 Å². The van der Waals surface area contributed by atoms with E-state index in [-0.39, 0.29) is 0 Å². The first-order chi connectivity index (χ1) is 11.8. The van der Waals surface area contributed by atoms with Gasteiger partial charge in [-0.05, 0) is 37.3 Å². The molecule has 0 radical (unpaired) electrons. The lowest BCUT2D eigenvalue weighted by Gasteiger charge is -2.26. The average molecular weight is 324 g/mol. The molecule has 1 aromatic carbocycles. The van der Waals surface area contributed by atoms with Crippen molar-refractivity contribution in [3.63, 3.8) is 0 Å². The van der Waals surface area contributed by atoms with Gasteiger partial charge in [0.2, 0.25) is 5.89 Å². The molecule has 0 unspecified atom stereocenters. The Balaban J connectivity index is 1.29. The van der Waals surface area contributed by atoms with Crippen molar-refractivity contribution in [1.82, 2.24) is 19.9 Å². The summed E-state index contributed by atoms with van der Waals surface area (Å²) < 4.78 is 5.47. The van der Waals surface area contributed by atoms with Gasteiger partial charge in [0.15, 0.2) is 5.82 Å². The lowest BCUT2D eigenvalue weighted by Crippen LogP contribution is -2.29. The zero-order valence-corrected chi connectivity index (χ0v) is 14.1. The molecule has 2 aromatic rings. The summed E-state index contributed by atoms with van der Waals surface area (Å²) >= 11 is 0. The number of fused-ring (bicyclic) bond motifs is 1. The molecule has 0 spiro atoms. The van der Waals surface area contributed by atoms with Gasteiger partial charge < -0.3 is 4.52 Å². The van der Waals surface area contributed by atoms with Crippen LogP contribution in [0.3, 0.4) is 0 Å². The van der Waals surface area contributed by atoms with E-state index in [1.54, 1.807) is 0 Å². The average Bonchev–Trinajstić information content (AvgIpc) is 3.10. The minimum Gasteiger partial charge on any atom is -0.338 e. The number of aromatic nitrogens is 2. The number of likely N-dealkylation sites (tertiary alicyclic amines) is 2. The number of rotatable bonds is 4. The topological polar surface area (TPSA) is 45.4 Å². The van der Waals surface area contributed by atoms with E-state index in [1.165, 1.54) is 24.9 Å². The van der Waals surface area contributed by atoms with Crippen molar-refractivity contribution in [2.45, 2.75) is 31.3 Å². The quantitative estimate of drug-likeness (QED) is 0.865. The molecule has 1 saturated carbocycles. The van der Waals surface area contributed by atoms with Crippen LogP contribution in [0.5, 0.6) is 0 Å². The smallest absolute Gasteiger partial charge is 0.240 e. The maximum Gasteiger partial charge on any atom is 0.240 e. The Kier molecular flexibility index (Phi) is 3.45. The molecule has 3 atom stereocenters. The Labute approximate surface area is 142 Å². The Morgan fingerprint density at radius 3 is 2.75 bits per heavy atom. The number of nitrogens with zero attached hydrogens (tertiary/aromatic N) is 4. The lowest BCUT2D eigenvalue weighted by atomic mass is 9.90. The molecule has 5 heteroatoms. The second kappa shape index (κ2) is 5.67. The molecular formula is C19H24N4O. The molecule has 5 nitrogen and oxygen atoms in total. The fourth-order valence-corrected chi connectivity index (χ4v) is 4.66. The van der Waals surface area contributed by atoms with Gasteiger partial charge in [-0.2, -0.15) is 4.98 Å². The van der Waals surface area contributed by atoms with E-state index >= 15 is 0 Å². The summed E-state index contributed by atoms with van der Waals surface area (Å²) in [6.45, 7) is 4.24. The molecule has 24 heavy (non-hydrogen) atoms. The van der Waals surface area contributed by atoms with Crippen LogP contribution in [0, 0.1) is 11.8 Å². The Bertz CT molecular complexity index is 711. The molecule has 0 N–H and O–H groups in total. The fraction of sp³-hybridized carbons (Fsp3) is 0.579. The van der Waals surface area contributed by atoms with Gasteiger partial charge in [-0.1, -0.05) is 35.5 Å². The second-order valence-electron chi connectivity index (χ2n) is 7.73. The number of hydrogen-bond donors (Lipinski definition) is 0. The van der Waals surface area contributed by atoms with E-state index in [0.29, 0.717) is 17.9 Å². The Morgan fingerprint density at radius 1 is 1.12 bits per heavy atom. The van der Waals surface area contributed by atoms with Crippen molar-refractivity contribution in [1.29, 1.82) is 0 Å². The van der Waals surface area contributed by atoms with Crippen LogP contribution in [0.1, 0.15) is 42.1 Å². The lowest BCUT2D eigenvalue weighted by molar-refractivity contribution is 0.208. The SMILES string of the molecule is CN1C[C@H]2CN(Cc3nc(C4CC4)no3)C[C@H]2[C@@H]1c1ccccc1. The third-order valence-electron chi connectivity index (χ3n) is 5.90. The highest BCUT2D eigenvalue weighted by atomic mass is 16.5. The van der Waals surface area contributed by atoms with E-state index in [2.05, 4.69) is 57.3 Å². The summed E-state index contributed by atoms with van der Waals surface area (Å²) in [5, 5.41) is 4.15. The van der Waals surface area contributed by atoms with Gasteiger partial charge >= 0.3 is 0 Å². The van der Waals surface area contributed by atoms with Gasteiger partial charge in [0, 0.05) is 31.6 Å². The summed E-state index contributed by atoms with van der Waals surface area (Å²) in [5.41, 5.74) is 1.45. The standard InChI is InChI=1S/C19H24N4O/c1-22-9-15-10-23(12-17-20-19(21-24-17)14-7-8-14)11-16(15)18(22)13-5-3-2-4-6-13/h2-6,14-16,18H,7-12H2,1H3/t15-,16+,18-/m0/s1. The molecule has 3 aliphatic rings. The molecule has 3 heterocycles. The third-order valence-corrected chi connectivity index (χ3v) is 5.90. The minimum atomic E-state index is 0.533. The maximum absolute atomic E-state index is 5.47. The summed E-state index contributed by atoms with van der Waals surface area (Å²) in [6.07, 6.45) is 2.44. The van der Waals surface area contributed by atoms with Crippen molar-refractivity contribution in [3.8, 4) is 0 Å². The molecule has 0 bridgehead atoms. The third kappa shape index (κ3) is 2.56. The van der Waals surface area contributed by atoms with Gasteiger partial charge in [0.1, 0.15) is 0 Å². The van der Waals surface area contributed by atoms with Gasteiger partial charge in [-0.3, -0.25) is 9.80 Å². The molecule has 2 saturated heterocycles. The fourth-order valence-electron chi connectivity index (χ4n) is 4.66. The highest BCUT2D eigenvalue weighted by Gasteiger charge is 2.46. The molecule has 3 fully saturated rings. The van der Waals surface area contributed by atoms with E-state index in [9.17, 15) is 0 Å². The van der Waals surface area contributed by atoms with Crippen molar-refractivity contribution in [3.05, 3.63) is 47.6 Å². The van der Waals surface area contributed by atoms with Crippen LogP contribution in [-0.2, 0) is 6.54 Å². The second-order valence-corrected chi connectivity index (χ2v) is 7.73. The van der Waals surface area contributed by atoms with Crippen LogP contribution < -0.4 is 0 Å². The molecule has 2 aliphatic heterocycles. The minimum absolute atomic E-state index is 0.533. The summed E-state index contributed by atoms with van der Waals surface area (Å²) in [5.74, 6) is 3.72. The number of benzene rings is 1. The van der Waals surface area contributed by atoms with Crippen LogP contribution in [0.4, 0.5) is 0 Å². The highest BCUT2D eigenvalue weighted by molar-refractivity contribution is 5.22. The van der Waals surface area contributed by atoms with Crippen molar-refractivity contribution < 1.29 is 4.52 Å². The van der Waals surface area contributed by atoms with E-state index in [4.69, 9.17) is 4.52 Å². The maximum atomic E-state index is 5.47. The van der Waals surface area contributed by atoms with Gasteiger partial charge in [-0.15, -0.1) is 0 Å². The predicted molar refractivity (Wildman–Crippen MR) is 90.3 cm³/mol. The summed E-state index contributed by atoms with van der Waals surface area (Å²) in [7, 11) is 2.26. The molecule has 1 aromatic heterocycles. The van der Waals surface area contributed by atoms with Crippen LogP contribution in [0.2, 0.25) is 0 Å². The van der Waals surface area contributed by atoms with Crippen molar-refractivity contribution in [2.24, 2.45) is 11.8 Å². The first-order valence-electron chi connectivity index (χ1n) is 9.08. The van der Waals surface area contributed by atoms with Gasteiger partial charge in [0.05, 0.1) is 6.54 Å². The van der Waals surface area contributed by atoms with Crippen molar-refractivity contribution in [2.75, 3.05) is 26.7 Å². The molecule has 0 amide bonds. The van der Waals surface area contributed by atoms with Crippen molar-refractivity contribution >= 4 is 0 Å². The number of hydrogen-bond acceptors (Lipinski definition) is 5. The molecule has 126 valence electrons. The van der Waals surface area contributed by atoms with Crippen LogP contribution in [0.15, 0.2) is 34.9 Å². The normalized spacial score (nSPS) is 30.8. The monoisotopic (exact) mass is 324 g/mol. The van der Waals surface area contributed by atoms with Crippen LogP contribution in [-0.4, -0.2) is 46.6 Å². The highest BCUT2D eigenvalue weighted by Crippen LogP contribution is 2.44. The largest absolute Gasteiger partial charge is 0.338 e. The summed E-state index contributed by atoms with van der Waals surface area (Å²) in [4.78, 5) is 9.62. The Hall–Kier alpha value is -1.72. The summed E-state index contributed by atoms with van der Waals surface area (Å²) in [6, 6.07) is 11.5. The van der Waals surface area contributed by atoms with E-state index in [0.717, 1.165) is 37.3 Å².